The maximum absolute atomic E-state index is 12.4. The second-order valence-electron chi connectivity index (χ2n) is 7.98. The van der Waals surface area contributed by atoms with E-state index in [-0.39, 0.29) is 11.3 Å². The van der Waals surface area contributed by atoms with Gasteiger partial charge in [-0.1, -0.05) is 56.3 Å². The van der Waals surface area contributed by atoms with Crippen LogP contribution in [-0.2, 0) is 10.2 Å². The Labute approximate surface area is 158 Å². The molecule has 2 aliphatic heterocycles. The first kappa shape index (κ1) is 16.2. The molecule has 1 saturated heterocycles. The van der Waals surface area contributed by atoms with Crippen LogP contribution in [0.25, 0.3) is 17.0 Å². The van der Waals surface area contributed by atoms with Crippen LogP contribution in [0.5, 0.6) is 0 Å². The van der Waals surface area contributed by atoms with Crippen molar-refractivity contribution in [3.63, 3.8) is 0 Å². The fraction of sp³-hybridized carbons (Fsp3) is 0.261. The van der Waals surface area contributed by atoms with Gasteiger partial charge in [-0.3, -0.25) is 4.79 Å². The maximum atomic E-state index is 12.4. The Morgan fingerprint density at radius 3 is 2.74 bits per heavy atom. The number of aromatic nitrogens is 1. The van der Waals surface area contributed by atoms with Crippen molar-refractivity contribution < 1.29 is 4.79 Å². The molecule has 4 nitrogen and oxygen atoms in total. The number of hydrogen-bond donors (Lipinski definition) is 2. The van der Waals surface area contributed by atoms with Gasteiger partial charge in [0.2, 0.25) is 5.91 Å². The number of carbonyl (C=O) groups is 1. The highest BCUT2D eigenvalue weighted by molar-refractivity contribution is 5.90. The van der Waals surface area contributed by atoms with Gasteiger partial charge in [-0.2, -0.15) is 0 Å². The van der Waals surface area contributed by atoms with Gasteiger partial charge in [0.15, 0.2) is 0 Å². The van der Waals surface area contributed by atoms with Crippen molar-refractivity contribution in [2.45, 2.75) is 31.3 Å². The molecule has 0 spiro atoms. The van der Waals surface area contributed by atoms with E-state index in [4.69, 9.17) is 0 Å². The molecule has 27 heavy (non-hydrogen) atoms. The second-order valence-corrected chi connectivity index (χ2v) is 7.98. The normalized spacial score (nSPS) is 23.5. The van der Waals surface area contributed by atoms with E-state index in [9.17, 15) is 4.79 Å². The number of nitrogens with one attached hydrogen (secondary N) is 2. The highest BCUT2D eigenvalue weighted by Gasteiger charge is 2.57. The molecule has 1 unspecified atom stereocenters. The molecule has 0 radical (unpaired) electrons. The van der Waals surface area contributed by atoms with Gasteiger partial charge < -0.3 is 15.2 Å². The van der Waals surface area contributed by atoms with E-state index in [2.05, 4.69) is 83.7 Å². The zero-order valence-corrected chi connectivity index (χ0v) is 15.6. The molecule has 3 heterocycles. The standard InChI is InChI=1S/C23H23N3O/c1-22(2)18-8-4-6-10-20(18)26-14-12-21(27)25-23(22,26)13-11-16-15-24-19-9-5-3-7-17(16)19/h3-11,13,15,24H,12,14H2,1-2H3,(H,25,27)/b13-11+. The predicted octanol–water partition coefficient (Wildman–Crippen LogP) is 4.20. The second kappa shape index (κ2) is 5.49. The van der Waals surface area contributed by atoms with E-state index in [0.29, 0.717) is 6.42 Å². The van der Waals surface area contributed by atoms with Crippen molar-refractivity contribution in [3.8, 4) is 0 Å². The van der Waals surface area contributed by atoms with Crippen LogP contribution < -0.4 is 10.2 Å². The Morgan fingerprint density at radius 2 is 1.85 bits per heavy atom. The van der Waals surface area contributed by atoms with Crippen molar-refractivity contribution >= 4 is 28.6 Å². The number of anilines is 1. The van der Waals surface area contributed by atoms with Crippen LogP contribution in [0.1, 0.15) is 31.4 Å². The SMILES string of the molecule is CC1(C)c2ccccc2N2CCC(=O)NC21/C=C/c1c[nH]c2ccccc12. The number of aromatic amines is 1. The average molecular weight is 357 g/mol. The lowest BCUT2D eigenvalue weighted by Gasteiger charge is -2.49. The number of benzene rings is 2. The topological polar surface area (TPSA) is 48.1 Å². The summed E-state index contributed by atoms with van der Waals surface area (Å²) in [5.41, 5.74) is 3.92. The molecule has 2 N–H and O–H groups in total. The lowest BCUT2D eigenvalue weighted by Crippen LogP contribution is -2.68. The molecule has 1 fully saturated rings. The lowest BCUT2D eigenvalue weighted by molar-refractivity contribution is -0.124. The van der Waals surface area contributed by atoms with Crippen molar-refractivity contribution in [1.29, 1.82) is 0 Å². The smallest absolute Gasteiger partial charge is 0.223 e. The third-order valence-corrected chi connectivity index (χ3v) is 6.26. The van der Waals surface area contributed by atoms with E-state index in [0.717, 1.165) is 17.6 Å². The Hall–Kier alpha value is -3.01. The molecule has 5 rings (SSSR count). The summed E-state index contributed by atoms with van der Waals surface area (Å²) in [6.07, 6.45) is 6.87. The summed E-state index contributed by atoms with van der Waals surface area (Å²) in [6, 6.07) is 16.8. The third kappa shape index (κ3) is 2.13. The van der Waals surface area contributed by atoms with Crippen LogP contribution in [0.15, 0.2) is 60.8 Å². The van der Waals surface area contributed by atoms with Gasteiger partial charge in [-0.25, -0.2) is 0 Å². The van der Waals surface area contributed by atoms with Crippen LogP contribution in [-0.4, -0.2) is 23.1 Å². The summed E-state index contributed by atoms with van der Waals surface area (Å²) in [6.45, 7) is 5.17. The van der Waals surface area contributed by atoms with Gasteiger partial charge in [0.1, 0.15) is 5.66 Å². The van der Waals surface area contributed by atoms with Crippen LogP contribution in [0, 0.1) is 0 Å². The molecule has 136 valence electrons. The number of carbonyl (C=O) groups excluding carboxylic acids is 1. The van der Waals surface area contributed by atoms with E-state index < -0.39 is 5.66 Å². The molecule has 2 aliphatic rings. The number of fused-ring (bicyclic) bond motifs is 4. The number of rotatable bonds is 2. The number of H-pyrrole nitrogens is 1. The fourth-order valence-corrected chi connectivity index (χ4v) is 4.76. The first-order chi connectivity index (χ1) is 13.0. The Bertz CT molecular complexity index is 1080. The summed E-state index contributed by atoms with van der Waals surface area (Å²) in [5, 5.41) is 4.52. The van der Waals surface area contributed by atoms with Crippen molar-refractivity contribution in [2.24, 2.45) is 0 Å². The fourth-order valence-electron chi connectivity index (χ4n) is 4.76. The molecule has 0 saturated carbocycles. The molecule has 0 bridgehead atoms. The van der Waals surface area contributed by atoms with E-state index in [1.54, 1.807) is 0 Å². The highest BCUT2D eigenvalue weighted by Crippen LogP contribution is 2.52. The van der Waals surface area contributed by atoms with Crippen molar-refractivity contribution in [1.82, 2.24) is 10.3 Å². The van der Waals surface area contributed by atoms with Crippen LogP contribution in [0.4, 0.5) is 5.69 Å². The maximum Gasteiger partial charge on any atom is 0.223 e. The van der Waals surface area contributed by atoms with Crippen molar-refractivity contribution in [3.05, 3.63) is 71.9 Å². The van der Waals surface area contributed by atoms with Gasteiger partial charge in [-0.15, -0.1) is 0 Å². The molecule has 3 aromatic rings. The summed E-state index contributed by atoms with van der Waals surface area (Å²) in [5.74, 6) is 0.107. The first-order valence-electron chi connectivity index (χ1n) is 9.46. The predicted molar refractivity (Wildman–Crippen MR) is 110 cm³/mol. The van der Waals surface area contributed by atoms with Gasteiger partial charge in [0.25, 0.3) is 0 Å². The summed E-state index contributed by atoms with van der Waals surface area (Å²) >= 11 is 0. The molecular formula is C23H23N3O. The first-order valence-corrected chi connectivity index (χ1v) is 9.46. The van der Waals surface area contributed by atoms with E-state index in [1.165, 1.54) is 16.6 Å². The number of nitrogens with zero attached hydrogens (tertiary/aromatic N) is 1. The summed E-state index contributed by atoms with van der Waals surface area (Å²) in [4.78, 5) is 18.1. The van der Waals surface area contributed by atoms with Crippen LogP contribution >= 0.6 is 0 Å². The molecule has 0 aliphatic carbocycles. The molecule has 1 amide bonds. The van der Waals surface area contributed by atoms with E-state index in [1.807, 2.05) is 12.3 Å². The minimum absolute atomic E-state index is 0.107. The Balaban J connectivity index is 1.66. The van der Waals surface area contributed by atoms with Gasteiger partial charge in [0.05, 0.1) is 0 Å². The highest BCUT2D eigenvalue weighted by atomic mass is 16.2. The number of hydrogen-bond acceptors (Lipinski definition) is 2. The molecular weight excluding hydrogens is 334 g/mol. The number of para-hydroxylation sites is 2. The Morgan fingerprint density at radius 1 is 1.07 bits per heavy atom. The quantitative estimate of drug-likeness (QED) is 0.722. The zero-order chi connectivity index (χ0) is 18.6. The van der Waals surface area contributed by atoms with E-state index >= 15 is 0 Å². The molecule has 1 atom stereocenters. The minimum atomic E-state index is -0.565. The third-order valence-electron chi connectivity index (χ3n) is 6.26. The van der Waals surface area contributed by atoms with Gasteiger partial charge in [0, 0.05) is 41.2 Å². The Kier molecular flexibility index (Phi) is 3.29. The molecule has 1 aromatic heterocycles. The average Bonchev–Trinajstić information content (AvgIpc) is 3.16. The molecule has 4 heteroatoms. The molecule has 2 aromatic carbocycles. The largest absolute Gasteiger partial charge is 0.361 e. The zero-order valence-electron chi connectivity index (χ0n) is 15.6. The van der Waals surface area contributed by atoms with Crippen LogP contribution in [0.2, 0.25) is 0 Å². The monoisotopic (exact) mass is 357 g/mol. The van der Waals surface area contributed by atoms with Crippen LogP contribution in [0.3, 0.4) is 0 Å². The number of amides is 1. The van der Waals surface area contributed by atoms with Crippen molar-refractivity contribution in [2.75, 3.05) is 11.4 Å². The summed E-state index contributed by atoms with van der Waals surface area (Å²) < 4.78 is 0. The minimum Gasteiger partial charge on any atom is -0.361 e. The summed E-state index contributed by atoms with van der Waals surface area (Å²) in [7, 11) is 0. The van der Waals surface area contributed by atoms with Gasteiger partial charge >= 0.3 is 0 Å². The van der Waals surface area contributed by atoms with Gasteiger partial charge in [-0.05, 0) is 29.3 Å². The lowest BCUT2D eigenvalue weighted by atomic mass is 9.74.